The highest BCUT2D eigenvalue weighted by Crippen LogP contribution is 2.11. The van der Waals surface area contributed by atoms with Crippen molar-refractivity contribution in [2.75, 3.05) is 0 Å². The first kappa shape index (κ1) is 15.2. The molecule has 0 heterocycles. The topological polar surface area (TPSA) is 89.3 Å². The Kier molecular flexibility index (Phi) is 4.40. The summed E-state index contributed by atoms with van der Waals surface area (Å²) in [5.41, 5.74) is 7.34. The van der Waals surface area contributed by atoms with Crippen LogP contribution in [0.4, 0.5) is 0 Å². The van der Waals surface area contributed by atoms with Crippen molar-refractivity contribution in [3.05, 3.63) is 65.2 Å². The Labute approximate surface area is 123 Å². The summed E-state index contributed by atoms with van der Waals surface area (Å²) in [6.07, 6.45) is 0. The molecule has 0 aliphatic carbocycles. The number of rotatable bonds is 5. The first-order chi connectivity index (χ1) is 9.88. The van der Waals surface area contributed by atoms with Crippen molar-refractivity contribution >= 4 is 15.9 Å². The van der Waals surface area contributed by atoms with Crippen molar-refractivity contribution in [1.82, 2.24) is 4.72 Å². The molecule has 0 saturated heterocycles. The summed E-state index contributed by atoms with van der Waals surface area (Å²) in [5, 5.41) is 0. The Morgan fingerprint density at radius 1 is 1.14 bits per heavy atom. The molecule has 0 spiro atoms. The van der Waals surface area contributed by atoms with E-state index in [4.69, 9.17) is 5.73 Å². The van der Waals surface area contributed by atoms with E-state index in [1.54, 1.807) is 0 Å². The average molecular weight is 304 g/mol. The molecule has 0 radical (unpaired) electrons. The van der Waals surface area contributed by atoms with Crippen LogP contribution in [0.5, 0.6) is 0 Å². The molecule has 5 nitrogen and oxygen atoms in total. The Hall–Kier alpha value is -2.18. The first-order valence-electron chi connectivity index (χ1n) is 6.33. The maximum Gasteiger partial charge on any atom is 0.248 e. The van der Waals surface area contributed by atoms with Crippen molar-refractivity contribution in [2.24, 2.45) is 5.73 Å². The van der Waals surface area contributed by atoms with Crippen LogP contribution in [-0.4, -0.2) is 14.3 Å². The van der Waals surface area contributed by atoms with Crippen molar-refractivity contribution in [2.45, 2.75) is 18.4 Å². The minimum atomic E-state index is -3.62. The van der Waals surface area contributed by atoms with Gasteiger partial charge >= 0.3 is 0 Å². The Bertz CT molecular complexity index is 753. The lowest BCUT2D eigenvalue weighted by molar-refractivity contribution is 0.1000. The molecule has 3 N–H and O–H groups in total. The molecule has 6 heteroatoms. The number of nitrogens with two attached hydrogens (primary N) is 1. The van der Waals surface area contributed by atoms with E-state index in [1.165, 1.54) is 24.3 Å². The quantitative estimate of drug-likeness (QED) is 0.878. The third-order valence-electron chi connectivity index (χ3n) is 3.00. The molecule has 110 valence electrons. The monoisotopic (exact) mass is 304 g/mol. The van der Waals surface area contributed by atoms with Gasteiger partial charge in [-0.25, -0.2) is 13.1 Å². The van der Waals surface area contributed by atoms with Crippen molar-refractivity contribution < 1.29 is 13.2 Å². The summed E-state index contributed by atoms with van der Waals surface area (Å²) >= 11 is 0. The third-order valence-corrected chi connectivity index (χ3v) is 4.42. The predicted octanol–water partition coefficient (Wildman–Crippen LogP) is 1.57. The number of primary amides is 1. The standard InChI is InChI=1S/C15H16N2O3S/c1-11-3-2-4-12(9-11)10-17-21(19,20)14-7-5-13(6-8-14)15(16)18/h2-9,17H,10H2,1H3,(H2,16,18). The molecule has 2 rings (SSSR count). The fourth-order valence-corrected chi connectivity index (χ4v) is 2.90. The Balaban J connectivity index is 2.13. The molecule has 0 bridgehead atoms. The molecule has 0 aliphatic heterocycles. The summed E-state index contributed by atoms with van der Waals surface area (Å²) in [7, 11) is -3.62. The Morgan fingerprint density at radius 2 is 1.81 bits per heavy atom. The van der Waals surface area contributed by atoms with Crippen molar-refractivity contribution in [1.29, 1.82) is 0 Å². The molecule has 0 saturated carbocycles. The molecular weight excluding hydrogens is 288 g/mol. The van der Waals surface area contributed by atoms with Crippen LogP contribution in [0, 0.1) is 6.92 Å². The van der Waals surface area contributed by atoms with E-state index in [0.29, 0.717) is 0 Å². The maximum atomic E-state index is 12.1. The van der Waals surface area contributed by atoms with Crippen LogP contribution in [-0.2, 0) is 16.6 Å². The summed E-state index contributed by atoms with van der Waals surface area (Å²) in [5.74, 6) is -0.591. The fraction of sp³-hybridized carbons (Fsp3) is 0.133. The molecular formula is C15H16N2O3S. The van der Waals surface area contributed by atoms with E-state index in [2.05, 4.69) is 4.72 Å². The summed E-state index contributed by atoms with van der Waals surface area (Å²) in [6.45, 7) is 2.15. The highest BCUT2D eigenvalue weighted by atomic mass is 32.2. The lowest BCUT2D eigenvalue weighted by Crippen LogP contribution is -2.23. The molecule has 0 aromatic heterocycles. The molecule has 0 unspecified atom stereocenters. The molecule has 2 aromatic rings. The zero-order valence-electron chi connectivity index (χ0n) is 11.5. The van der Waals surface area contributed by atoms with Gasteiger partial charge in [0.1, 0.15) is 0 Å². The van der Waals surface area contributed by atoms with Crippen LogP contribution in [0.3, 0.4) is 0 Å². The van der Waals surface area contributed by atoms with Crippen molar-refractivity contribution in [3.8, 4) is 0 Å². The summed E-state index contributed by atoms with van der Waals surface area (Å²) < 4.78 is 26.8. The number of hydrogen-bond donors (Lipinski definition) is 2. The number of carbonyl (C=O) groups excluding carboxylic acids is 1. The van der Waals surface area contributed by atoms with E-state index >= 15 is 0 Å². The highest BCUT2D eigenvalue weighted by Gasteiger charge is 2.14. The first-order valence-corrected chi connectivity index (χ1v) is 7.82. The predicted molar refractivity (Wildman–Crippen MR) is 80.2 cm³/mol. The summed E-state index contributed by atoms with van der Waals surface area (Å²) in [6, 6.07) is 13.1. The van der Waals surface area contributed by atoms with Gasteiger partial charge in [-0.15, -0.1) is 0 Å². The number of nitrogens with one attached hydrogen (secondary N) is 1. The van der Waals surface area contributed by atoms with Gasteiger partial charge in [0.25, 0.3) is 0 Å². The molecule has 2 aromatic carbocycles. The second-order valence-electron chi connectivity index (χ2n) is 4.70. The number of hydrogen-bond acceptors (Lipinski definition) is 3. The zero-order chi connectivity index (χ0) is 15.5. The third kappa shape index (κ3) is 3.90. The minimum absolute atomic E-state index is 0.0974. The van der Waals surface area contributed by atoms with E-state index in [0.717, 1.165) is 11.1 Å². The van der Waals surface area contributed by atoms with Crippen LogP contribution in [0.25, 0.3) is 0 Å². The van der Waals surface area contributed by atoms with Gasteiger partial charge in [0, 0.05) is 12.1 Å². The van der Waals surface area contributed by atoms with Crippen LogP contribution in [0.1, 0.15) is 21.5 Å². The number of benzene rings is 2. The van der Waals surface area contributed by atoms with Crippen LogP contribution < -0.4 is 10.5 Å². The molecule has 21 heavy (non-hydrogen) atoms. The smallest absolute Gasteiger partial charge is 0.248 e. The van der Waals surface area contributed by atoms with Crippen molar-refractivity contribution in [3.63, 3.8) is 0 Å². The van der Waals surface area contributed by atoms with Gasteiger partial charge in [0.05, 0.1) is 4.90 Å². The second kappa shape index (κ2) is 6.07. The van der Waals surface area contributed by atoms with Crippen LogP contribution in [0.15, 0.2) is 53.4 Å². The number of carbonyl (C=O) groups is 1. The van der Waals surface area contributed by atoms with E-state index < -0.39 is 15.9 Å². The molecule has 0 atom stereocenters. The number of sulfonamides is 1. The maximum absolute atomic E-state index is 12.1. The normalized spacial score (nSPS) is 11.3. The van der Waals surface area contributed by atoms with Gasteiger partial charge in [-0.2, -0.15) is 0 Å². The summed E-state index contributed by atoms with van der Waals surface area (Å²) in [4.78, 5) is 11.1. The van der Waals surface area contributed by atoms with E-state index in [-0.39, 0.29) is 17.0 Å². The van der Waals surface area contributed by atoms with Crippen LogP contribution in [0.2, 0.25) is 0 Å². The largest absolute Gasteiger partial charge is 0.366 e. The van der Waals surface area contributed by atoms with Gasteiger partial charge in [-0.1, -0.05) is 29.8 Å². The fourth-order valence-electron chi connectivity index (χ4n) is 1.88. The van der Waals surface area contributed by atoms with Gasteiger partial charge < -0.3 is 5.73 Å². The lowest BCUT2D eigenvalue weighted by Gasteiger charge is -2.08. The highest BCUT2D eigenvalue weighted by molar-refractivity contribution is 7.89. The lowest BCUT2D eigenvalue weighted by atomic mass is 10.1. The van der Waals surface area contributed by atoms with Gasteiger partial charge in [0.15, 0.2) is 0 Å². The van der Waals surface area contributed by atoms with Gasteiger partial charge in [-0.05, 0) is 36.8 Å². The molecule has 1 amide bonds. The minimum Gasteiger partial charge on any atom is -0.366 e. The Morgan fingerprint density at radius 3 is 2.38 bits per heavy atom. The van der Waals surface area contributed by atoms with E-state index in [9.17, 15) is 13.2 Å². The second-order valence-corrected chi connectivity index (χ2v) is 6.47. The number of amides is 1. The number of aryl methyl sites for hydroxylation is 1. The van der Waals surface area contributed by atoms with Crippen LogP contribution >= 0.6 is 0 Å². The molecule has 0 aliphatic rings. The molecule has 0 fully saturated rings. The average Bonchev–Trinajstić information content (AvgIpc) is 2.45. The van der Waals surface area contributed by atoms with E-state index in [1.807, 2.05) is 31.2 Å². The van der Waals surface area contributed by atoms with Gasteiger partial charge in [0.2, 0.25) is 15.9 Å². The SMILES string of the molecule is Cc1cccc(CNS(=O)(=O)c2ccc(C(N)=O)cc2)c1. The van der Waals surface area contributed by atoms with Gasteiger partial charge in [-0.3, -0.25) is 4.79 Å². The zero-order valence-corrected chi connectivity index (χ0v) is 12.4.